The van der Waals surface area contributed by atoms with Crippen molar-refractivity contribution in [3.8, 4) is 5.75 Å². The molecular formula is C19H24N4O3. The fraction of sp³-hybridized carbons (Fsp3) is 0.421. The summed E-state index contributed by atoms with van der Waals surface area (Å²) >= 11 is 0. The maximum atomic E-state index is 12.6. The number of rotatable bonds is 7. The first-order valence-corrected chi connectivity index (χ1v) is 8.76. The standard InChI is InChI=1S/C19H24N4O3/c1-13(2)23-10-8-15(21-23)7-9-22-18(24)17(20-19(22)25)12-14-5-4-6-16(11-14)26-3/h4-6,8,10-11,13,17H,7,9,12H2,1-3H3,(H,20,25). The summed E-state index contributed by atoms with van der Waals surface area (Å²) in [5.41, 5.74) is 1.82. The number of nitrogens with zero attached hydrogens (tertiary/aromatic N) is 3. The van der Waals surface area contributed by atoms with Gasteiger partial charge in [-0.2, -0.15) is 5.10 Å². The van der Waals surface area contributed by atoms with Crippen molar-refractivity contribution in [2.24, 2.45) is 0 Å². The Labute approximate surface area is 152 Å². The maximum absolute atomic E-state index is 12.6. The van der Waals surface area contributed by atoms with Crippen LogP contribution in [0.1, 0.15) is 31.1 Å². The van der Waals surface area contributed by atoms with Crippen molar-refractivity contribution < 1.29 is 14.3 Å². The largest absolute Gasteiger partial charge is 0.497 e. The van der Waals surface area contributed by atoms with Crippen LogP contribution in [0, 0.1) is 0 Å². The van der Waals surface area contributed by atoms with Crippen LogP contribution in [0.2, 0.25) is 0 Å². The quantitative estimate of drug-likeness (QED) is 0.772. The molecule has 7 heteroatoms. The number of aromatic nitrogens is 2. The van der Waals surface area contributed by atoms with Crippen LogP contribution in [0.3, 0.4) is 0 Å². The summed E-state index contributed by atoms with van der Waals surface area (Å²) in [6.45, 7) is 4.43. The monoisotopic (exact) mass is 356 g/mol. The third-order valence-electron chi connectivity index (χ3n) is 4.47. The van der Waals surface area contributed by atoms with E-state index >= 15 is 0 Å². The van der Waals surface area contributed by atoms with E-state index in [4.69, 9.17) is 4.74 Å². The first-order valence-electron chi connectivity index (χ1n) is 8.76. The predicted molar refractivity (Wildman–Crippen MR) is 97.0 cm³/mol. The topological polar surface area (TPSA) is 76.5 Å². The summed E-state index contributed by atoms with van der Waals surface area (Å²) in [4.78, 5) is 26.1. The van der Waals surface area contributed by atoms with Gasteiger partial charge in [0.2, 0.25) is 0 Å². The van der Waals surface area contributed by atoms with E-state index in [-0.39, 0.29) is 18.0 Å². The van der Waals surface area contributed by atoms with Crippen molar-refractivity contribution in [1.82, 2.24) is 20.0 Å². The highest BCUT2D eigenvalue weighted by Gasteiger charge is 2.37. The minimum Gasteiger partial charge on any atom is -0.497 e. The Morgan fingerprint density at radius 2 is 2.08 bits per heavy atom. The van der Waals surface area contributed by atoms with Crippen LogP contribution in [-0.2, 0) is 17.6 Å². The lowest BCUT2D eigenvalue weighted by Gasteiger charge is -2.12. The van der Waals surface area contributed by atoms with Gasteiger partial charge in [0.25, 0.3) is 5.91 Å². The molecule has 1 fully saturated rings. The van der Waals surface area contributed by atoms with Crippen molar-refractivity contribution in [1.29, 1.82) is 0 Å². The van der Waals surface area contributed by atoms with Crippen LogP contribution in [0.4, 0.5) is 4.79 Å². The second-order valence-electron chi connectivity index (χ2n) is 6.68. The summed E-state index contributed by atoms with van der Waals surface area (Å²) in [5, 5.41) is 7.23. The number of hydrogen-bond donors (Lipinski definition) is 1. The first kappa shape index (κ1) is 18.0. The normalized spacial score (nSPS) is 17.1. The minimum absolute atomic E-state index is 0.193. The number of carbonyl (C=O) groups is 2. The van der Waals surface area contributed by atoms with Crippen molar-refractivity contribution in [3.05, 3.63) is 47.8 Å². The summed E-state index contributed by atoms with van der Waals surface area (Å²) in [6, 6.07) is 8.84. The fourth-order valence-corrected chi connectivity index (χ4v) is 2.99. The van der Waals surface area contributed by atoms with Gasteiger partial charge in [-0.15, -0.1) is 0 Å². The van der Waals surface area contributed by atoms with Crippen LogP contribution in [0.15, 0.2) is 36.5 Å². The van der Waals surface area contributed by atoms with Crippen LogP contribution < -0.4 is 10.1 Å². The molecule has 3 rings (SSSR count). The number of urea groups is 1. The van der Waals surface area contributed by atoms with Gasteiger partial charge in [-0.05, 0) is 37.6 Å². The number of imide groups is 1. The third-order valence-corrected chi connectivity index (χ3v) is 4.47. The molecule has 1 aliphatic heterocycles. The maximum Gasteiger partial charge on any atom is 0.324 e. The van der Waals surface area contributed by atoms with E-state index in [1.165, 1.54) is 4.90 Å². The van der Waals surface area contributed by atoms with Crippen molar-refractivity contribution >= 4 is 11.9 Å². The van der Waals surface area contributed by atoms with E-state index in [0.717, 1.165) is 17.0 Å². The predicted octanol–water partition coefficient (Wildman–Crippen LogP) is 2.18. The molecule has 138 valence electrons. The molecule has 2 heterocycles. The summed E-state index contributed by atoms with van der Waals surface area (Å²) < 4.78 is 7.07. The molecule has 1 saturated heterocycles. The van der Waals surface area contributed by atoms with Crippen LogP contribution in [-0.4, -0.2) is 46.3 Å². The first-order chi connectivity index (χ1) is 12.5. The van der Waals surface area contributed by atoms with Gasteiger partial charge in [-0.1, -0.05) is 12.1 Å². The van der Waals surface area contributed by atoms with E-state index in [9.17, 15) is 9.59 Å². The zero-order valence-corrected chi connectivity index (χ0v) is 15.3. The molecule has 0 radical (unpaired) electrons. The molecule has 26 heavy (non-hydrogen) atoms. The number of carbonyl (C=O) groups excluding carboxylic acids is 2. The van der Waals surface area contributed by atoms with Crippen molar-refractivity contribution in [2.75, 3.05) is 13.7 Å². The van der Waals surface area contributed by atoms with Gasteiger partial charge in [0.05, 0.1) is 12.8 Å². The molecule has 1 aromatic carbocycles. The second kappa shape index (κ2) is 7.59. The molecule has 0 spiro atoms. The lowest BCUT2D eigenvalue weighted by Crippen LogP contribution is -2.34. The molecule has 0 saturated carbocycles. The zero-order valence-electron chi connectivity index (χ0n) is 15.3. The Morgan fingerprint density at radius 1 is 1.27 bits per heavy atom. The summed E-state index contributed by atoms with van der Waals surface area (Å²) in [6.07, 6.45) is 2.91. The van der Waals surface area contributed by atoms with Gasteiger partial charge in [0.1, 0.15) is 11.8 Å². The van der Waals surface area contributed by atoms with Gasteiger partial charge in [0, 0.05) is 31.6 Å². The average molecular weight is 356 g/mol. The summed E-state index contributed by atoms with van der Waals surface area (Å²) in [7, 11) is 1.60. The zero-order chi connectivity index (χ0) is 18.7. The van der Waals surface area contributed by atoms with Gasteiger partial charge in [-0.3, -0.25) is 14.4 Å². The highest BCUT2D eigenvalue weighted by Crippen LogP contribution is 2.17. The Morgan fingerprint density at radius 3 is 2.77 bits per heavy atom. The Hall–Kier alpha value is -2.83. The molecule has 1 atom stereocenters. The van der Waals surface area contributed by atoms with E-state index in [2.05, 4.69) is 24.3 Å². The van der Waals surface area contributed by atoms with Gasteiger partial charge < -0.3 is 10.1 Å². The Bertz CT molecular complexity index is 800. The number of benzene rings is 1. The molecular weight excluding hydrogens is 332 g/mol. The molecule has 1 unspecified atom stereocenters. The lowest BCUT2D eigenvalue weighted by atomic mass is 10.1. The molecule has 1 aliphatic rings. The number of nitrogens with one attached hydrogen (secondary N) is 1. The lowest BCUT2D eigenvalue weighted by molar-refractivity contribution is -0.127. The van der Waals surface area contributed by atoms with Crippen LogP contribution >= 0.6 is 0 Å². The van der Waals surface area contributed by atoms with E-state index in [1.54, 1.807) is 7.11 Å². The Kier molecular flexibility index (Phi) is 5.25. The van der Waals surface area contributed by atoms with Gasteiger partial charge in [-0.25, -0.2) is 4.79 Å². The number of hydrogen-bond acceptors (Lipinski definition) is 4. The highest BCUT2D eigenvalue weighted by atomic mass is 16.5. The number of ether oxygens (including phenoxy) is 1. The molecule has 3 amide bonds. The fourth-order valence-electron chi connectivity index (χ4n) is 2.99. The molecule has 1 N–H and O–H groups in total. The molecule has 0 bridgehead atoms. The number of amides is 3. The smallest absolute Gasteiger partial charge is 0.324 e. The minimum atomic E-state index is -0.539. The van der Waals surface area contributed by atoms with Gasteiger partial charge in [0.15, 0.2) is 0 Å². The molecule has 7 nitrogen and oxygen atoms in total. The Balaban J connectivity index is 1.60. The SMILES string of the molecule is COc1cccc(CC2NC(=O)N(CCc3ccn(C(C)C)n3)C2=O)c1. The van der Waals surface area contributed by atoms with Crippen LogP contribution in [0.5, 0.6) is 5.75 Å². The van der Waals surface area contributed by atoms with Crippen molar-refractivity contribution in [2.45, 2.75) is 38.8 Å². The van der Waals surface area contributed by atoms with E-state index < -0.39 is 6.04 Å². The molecule has 2 aromatic rings. The third kappa shape index (κ3) is 3.87. The highest BCUT2D eigenvalue weighted by molar-refractivity contribution is 6.04. The number of methoxy groups -OCH3 is 1. The summed E-state index contributed by atoms with van der Waals surface area (Å²) in [5.74, 6) is 0.540. The van der Waals surface area contributed by atoms with Crippen LogP contribution in [0.25, 0.3) is 0 Å². The van der Waals surface area contributed by atoms with Crippen molar-refractivity contribution in [3.63, 3.8) is 0 Å². The molecule has 1 aromatic heterocycles. The second-order valence-corrected chi connectivity index (χ2v) is 6.68. The van der Waals surface area contributed by atoms with E-state index in [1.807, 2.05) is 41.2 Å². The van der Waals surface area contributed by atoms with Gasteiger partial charge >= 0.3 is 6.03 Å². The average Bonchev–Trinajstić information content (AvgIpc) is 3.19. The molecule has 0 aliphatic carbocycles. The van der Waals surface area contributed by atoms with E-state index in [0.29, 0.717) is 19.4 Å².